The highest BCUT2D eigenvalue weighted by molar-refractivity contribution is 5.29. The molecule has 5 saturated heterocycles. The van der Waals surface area contributed by atoms with Gasteiger partial charge in [0.25, 0.3) is 0 Å². The van der Waals surface area contributed by atoms with Crippen LogP contribution < -0.4 is 0 Å². The Hall–Kier alpha value is -1.28. The molecule has 0 radical (unpaired) electrons. The second kappa shape index (κ2) is 18.2. The van der Waals surface area contributed by atoms with Crippen LogP contribution in [-0.4, -0.2) is 194 Å². The summed E-state index contributed by atoms with van der Waals surface area (Å²) in [6.45, 7) is 8.54. The summed E-state index contributed by atoms with van der Waals surface area (Å²) in [5, 5.41) is 108. The lowest BCUT2D eigenvalue weighted by Gasteiger charge is -2.58. The first-order valence-corrected chi connectivity index (χ1v) is 23.6. The van der Waals surface area contributed by atoms with Gasteiger partial charge in [-0.2, -0.15) is 0 Å². The van der Waals surface area contributed by atoms with Gasteiger partial charge in [0, 0.05) is 18.4 Å². The summed E-state index contributed by atoms with van der Waals surface area (Å²) < 4.78 is 56.0. The van der Waals surface area contributed by atoms with Crippen molar-refractivity contribution in [3.05, 3.63) is 23.3 Å². The zero-order chi connectivity index (χ0) is 46.7. The van der Waals surface area contributed by atoms with Gasteiger partial charge in [0.15, 0.2) is 31.5 Å². The Morgan fingerprint density at radius 2 is 1.37 bits per heavy atom. The highest BCUT2D eigenvalue weighted by Gasteiger charge is 2.77. The molecule has 19 heteroatoms. The molecule has 27 atom stereocenters. The molecule has 9 rings (SSSR count). The number of aliphatic hydroxyl groups excluding tert-OH is 10. The lowest BCUT2D eigenvalue weighted by atomic mass is 9.46. The molecule has 0 aromatic heterocycles. The van der Waals surface area contributed by atoms with E-state index < -0.39 is 130 Å². The average Bonchev–Trinajstić information content (AvgIpc) is 3.76. The molecule has 65 heavy (non-hydrogen) atoms. The number of ether oxygens (including phenoxy) is 9. The van der Waals surface area contributed by atoms with Crippen LogP contribution >= 0.6 is 0 Å². The molecule has 10 N–H and O–H groups in total. The molecule has 0 aromatic carbocycles. The number of fused-ring (bicyclic) bond motifs is 4. The molecule has 1 spiro atoms. The van der Waals surface area contributed by atoms with Crippen molar-refractivity contribution in [2.24, 2.45) is 40.4 Å². The molecule has 8 fully saturated rings. The largest absolute Gasteiger partial charge is 0.394 e. The average molecular weight is 929 g/mol. The summed E-state index contributed by atoms with van der Waals surface area (Å²) >= 11 is 0. The van der Waals surface area contributed by atoms with Gasteiger partial charge in [0.05, 0.1) is 43.0 Å². The topological polar surface area (TPSA) is 285 Å². The van der Waals surface area contributed by atoms with Crippen molar-refractivity contribution in [3.8, 4) is 0 Å². The molecule has 3 saturated carbocycles. The summed E-state index contributed by atoms with van der Waals surface area (Å²) in [5.41, 5.74) is 1.25. The normalized spacial score (nSPS) is 56.2. The molecule has 0 bridgehead atoms. The zero-order valence-electron chi connectivity index (χ0n) is 38.0. The summed E-state index contributed by atoms with van der Waals surface area (Å²) in [6, 6.07) is 0. The van der Waals surface area contributed by atoms with E-state index in [1.807, 2.05) is 13.8 Å². The number of allylic oxidation sites excluding steroid dienone is 2. The fourth-order valence-electron chi connectivity index (χ4n) is 14.3. The van der Waals surface area contributed by atoms with E-state index in [0.717, 1.165) is 37.7 Å². The standard InChI is InChI=1S/C46H72O19/c1-18(2)13-25-39(56)60-26-15-24-22-8-7-20-14-21(9-11-44(20,4)23(22)10-12-46(24)38(26)45(25,5)65-43(46)57-6)59-41-36(33(53)30(50)27(16-47)61-41)64-42-37(34(54)31(51)28(17-48)62-42)63-40-35(55)32(52)29(49)19(3)58-40/h7,13,19,21-43,47-56H,8-12,14-17H2,1-6H3. The van der Waals surface area contributed by atoms with Gasteiger partial charge in [-0.3, -0.25) is 0 Å². The van der Waals surface area contributed by atoms with E-state index >= 15 is 0 Å². The maximum atomic E-state index is 11.5. The first-order valence-electron chi connectivity index (χ1n) is 23.6. The van der Waals surface area contributed by atoms with E-state index in [1.54, 1.807) is 7.11 Å². The molecule has 370 valence electrons. The third-order valence-corrected chi connectivity index (χ3v) is 17.5. The van der Waals surface area contributed by atoms with Crippen LogP contribution in [0.1, 0.15) is 79.6 Å². The summed E-state index contributed by atoms with van der Waals surface area (Å²) in [4.78, 5) is 0. The molecular formula is C46H72O19. The highest BCUT2D eigenvalue weighted by atomic mass is 16.8. The van der Waals surface area contributed by atoms with Crippen LogP contribution in [0.4, 0.5) is 0 Å². The molecule has 9 aliphatic rings. The van der Waals surface area contributed by atoms with E-state index in [0.29, 0.717) is 24.7 Å². The Bertz CT molecular complexity index is 1770. The van der Waals surface area contributed by atoms with E-state index in [4.69, 9.17) is 42.6 Å². The summed E-state index contributed by atoms with van der Waals surface area (Å²) in [7, 11) is 1.73. The monoisotopic (exact) mass is 928 g/mol. The van der Waals surface area contributed by atoms with Crippen molar-refractivity contribution in [2.45, 2.75) is 202 Å². The first-order chi connectivity index (χ1) is 30.8. The maximum absolute atomic E-state index is 11.5. The second-order valence-electron chi connectivity index (χ2n) is 21.1. The van der Waals surface area contributed by atoms with Crippen molar-refractivity contribution in [2.75, 3.05) is 20.3 Å². The quantitative estimate of drug-likeness (QED) is 0.119. The van der Waals surface area contributed by atoms with E-state index in [9.17, 15) is 51.1 Å². The van der Waals surface area contributed by atoms with Gasteiger partial charge in [-0.15, -0.1) is 0 Å². The Morgan fingerprint density at radius 1 is 0.738 bits per heavy atom. The number of methoxy groups -OCH3 is 1. The molecular weight excluding hydrogens is 856 g/mol. The molecule has 5 aliphatic heterocycles. The third kappa shape index (κ3) is 7.75. The molecule has 5 heterocycles. The minimum Gasteiger partial charge on any atom is -0.394 e. The number of hydrogen-bond acceptors (Lipinski definition) is 19. The van der Waals surface area contributed by atoms with Crippen molar-refractivity contribution >= 4 is 0 Å². The molecule has 0 aromatic rings. The predicted octanol–water partition coefficient (Wildman–Crippen LogP) is -0.922. The van der Waals surface area contributed by atoms with Crippen LogP contribution in [0.15, 0.2) is 23.3 Å². The SMILES string of the molecule is COC1OC2(C)C(C=C(C)C)C(O)OC3CC4C5CC=C6CC(OC7OC(CO)C(O)C(O)C7OC7OC(CO)C(O)C(O)C7OC7OC(C)C(O)C(O)C7O)CCC6(C)C5CCC14C32. The van der Waals surface area contributed by atoms with Gasteiger partial charge in [0.2, 0.25) is 0 Å². The van der Waals surface area contributed by atoms with Crippen LogP contribution in [0.5, 0.6) is 0 Å². The van der Waals surface area contributed by atoms with E-state index in [1.165, 1.54) is 12.5 Å². The van der Waals surface area contributed by atoms with Crippen LogP contribution in [-0.2, 0) is 42.6 Å². The van der Waals surface area contributed by atoms with Crippen LogP contribution in [0.25, 0.3) is 0 Å². The van der Waals surface area contributed by atoms with Crippen LogP contribution in [0.3, 0.4) is 0 Å². The molecule has 27 unspecified atom stereocenters. The lowest BCUT2D eigenvalue weighted by Crippen LogP contribution is -2.67. The zero-order valence-corrected chi connectivity index (χ0v) is 38.0. The lowest BCUT2D eigenvalue weighted by molar-refractivity contribution is -0.394. The number of aliphatic hydroxyl groups is 10. The van der Waals surface area contributed by atoms with Gasteiger partial charge in [-0.1, -0.05) is 30.2 Å². The van der Waals surface area contributed by atoms with Gasteiger partial charge in [-0.05, 0) is 95.8 Å². The third-order valence-electron chi connectivity index (χ3n) is 17.5. The fourth-order valence-corrected chi connectivity index (χ4v) is 14.3. The van der Waals surface area contributed by atoms with Crippen LogP contribution in [0, 0.1) is 40.4 Å². The van der Waals surface area contributed by atoms with E-state index in [-0.39, 0.29) is 34.7 Å². The number of hydrogen-bond donors (Lipinski definition) is 10. The van der Waals surface area contributed by atoms with Crippen molar-refractivity contribution < 1.29 is 93.7 Å². The number of rotatable bonds is 10. The summed E-state index contributed by atoms with van der Waals surface area (Å²) in [6.07, 6.45) is -15.8. The Kier molecular flexibility index (Phi) is 13.6. The maximum Gasteiger partial charge on any atom is 0.187 e. The minimum atomic E-state index is -1.83. The Morgan fingerprint density at radius 3 is 1.98 bits per heavy atom. The van der Waals surface area contributed by atoms with Crippen molar-refractivity contribution in [1.82, 2.24) is 0 Å². The smallest absolute Gasteiger partial charge is 0.187 e. The molecule has 19 nitrogen and oxygen atoms in total. The molecule has 4 aliphatic carbocycles. The minimum absolute atomic E-state index is 0.0565. The van der Waals surface area contributed by atoms with Crippen molar-refractivity contribution in [1.29, 1.82) is 0 Å². The predicted molar refractivity (Wildman–Crippen MR) is 221 cm³/mol. The summed E-state index contributed by atoms with van der Waals surface area (Å²) in [5.74, 6) is 0.646. The first kappa shape index (κ1) is 48.7. The van der Waals surface area contributed by atoms with E-state index in [2.05, 4.69) is 26.0 Å². The van der Waals surface area contributed by atoms with Gasteiger partial charge < -0.3 is 93.7 Å². The van der Waals surface area contributed by atoms with Gasteiger partial charge in [0.1, 0.15) is 67.1 Å². The van der Waals surface area contributed by atoms with Crippen LogP contribution in [0.2, 0.25) is 0 Å². The Labute approximate surface area is 379 Å². The molecule has 0 amide bonds. The second-order valence-corrected chi connectivity index (χ2v) is 21.1. The van der Waals surface area contributed by atoms with Crippen molar-refractivity contribution in [3.63, 3.8) is 0 Å². The van der Waals surface area contributed by atoms with Gasteiger partial charge in [-0.25, -0.2) is 0 Å². The highest BCUT2D eigenvalue weighted by Crippen LogP contribution is 2.74. The fraction of sp³-hybridized carbons (Fsp3) is 0.913. The van der Waals surface area contributed by atoms with Gasteiger partial charge >= 0.3 is 0 Å². The Balaban J connectivity index is 0.940.